The van der Waals surface area contributed by atoms with Gasteiger partial charge < -0.3 is 15.2 Å². The molecule has 0 spiro atoms. The van der Waals surface area contributed by atoms with Crippen LogP contribution in [-0.2, 0) is 14.3 Å². The highest BCUT2D eigenvalue weighted by atomic mass is 16.5. The van der Waals surface area contributed by atoms with E-state index in [1.54, 1.807) is 13.0 Å². The minimum Gasteiger partial charge on any atom is -0.480 e. The number of pyridine rings is 1. The molecule has 0 aromatic carbocycles. The van der Waals surface area contributed by atoms with Crippen LogP contribution >= 0.6 is 0 Å². The molecule has 7 nitrogen and oxygen atoms in total. The number of esters is 1. The Morgan fingerprint density at radius 2 is 2.16 bits per heavy atom. The molecule has 0 saturated heterocycles. The zero-order valence-electron chi connectivity index (χ0n) is 10.5. The number of methoxy groups -OCH3 is 1. The monoisotopic (exact) mass is 266 g/mol. The normalized spacial score (nSPS) is 11.5. The average molecular weight is 266 g/mol. The van der Waals surface area contributed by atoms with Crippen molar-refractivity contribution in [2.75, 3.05) is 7.11 Å². The van der Waals surface area contributed by atoms with Gasteiger partial charge in [-0.15, -0.1) is 0 Å². The molecule has 7 heteroatoms. The number of rotatable bonds is 5. The number of nitrogens with one attached hydrogen (secondary N) is 1. The summed E-state index contributed by atoms with van der Waals surface area (Å²) >= 11 is 0. The molecule has 0 aliphatic heterocycles. The summed E-state index contributed by atoms with van der Waals surface area (Å²) in [5.41, 5.74) is 0.737. The number of nitrogens with zero attached hydrogens (tertiary/aromatic N) is 1. The van der Waals surface area contributed by atoms with Gasteiger partial charge in [-0.3, -0.25) is 14.6 Å². The Labute approximate surface area is 109 Å². The Morgan fingerprint density at radius 1 is 1.47 bits per heavy atom. The molecular weight excluding hydrogens is 252 g/mol. The molecule has 1 heterocycles. The lowest BCUT2D eigenvalue weighted by molar-refractivity contribution is -0.147. The van der Waals surface area contributed by atoms with E-state index < -0.39 is 30.3 Å². The SMILES string of the molecule is COC(=O)C[C@H](NC(=O)c1cccnc1C)C(=O)O. The van der Waals surface area contributed by atoms with Crippen molar-refractivity contribution in [2.24, 2.45) is 0 Å². The number of carboxylic acids is 1. The quantitative estimate of drug-likeness (QED) is 0.734. The number of amides is 1. The summed E-state index contributed by atoms with van der Waals surface area (Å²) in [5.74, 6) is -2.61. The molecule has 0 aliphatic rings. The van der Waals surface area contributed by atoms with Crippen LogP contribution in [0.2, 0.25) is 0 Å². The van der Waals surface area contributed by atoms with Gasteiger partial charge in [-0.25, -0.2) is 4.79 Å². The number of carboxylic acid groups (broad SMARTS) is 1. The highest BCUT2D eigenvalue weighted by Gasteiger charge is 2.24. The van der Waals surface area contributed by atoms with Crippen LogP contribution in [0.15, 0.2) is 18.3 Å². The zero-order chi connectivity index (χ0) is 14.4. The first kappa shape index (κ1) is 14.6. The molecule has 1 atom stereocenters. The zero-order valence-corrected chi connectivity index (χ0v) is 10.5. The Kier molecular flexibility index (Phi) is 4.99. The number of carbonyl (C=O) groups excluding carboxylic acids is 2. The van der Waals surface area contributed by atoms with Gasteiger partial charge in [0.2, 0.25) is 0 Å². The molecule has 1 aromatic heterocycles. The molecule has 1 rings (SSSR count). The lowest BCUT2D eigenvalue weighted by Crippen LogP contribution is -2.42. The number of ether oxygens (including phenoxy) is 1. The fourth-order valence-corrected chi connectivity index (χ4v) is 1.41. The van der Waals surface area contributed by atoms with Crippen LogP contribution in [0, 0.1) is 6.92 Å². The molecule has 0 bridgehead atoms. The maximum atomic E-state index is 11.9. The van der Waals surface area contributed by atoms with E-state index in [2.05, 4.69) is 15.0 Å². The summed E-state index contributed by atoms with van der Waals surface area (Å²) in [6.07, 6.45) is 1.09. The van der Waals surface area contributed by atoms with Crippen molar-refractivity contribution < 1.29 is 24.2 Å². The molecule has 1 amide bonds. The lowest BCUT2D eigenvalue weighted by atomic mass is 10.1. The largest absolute Gasteiger partial charge is 0.480 e. The van der Waals surface area contributed by atoms with Crippen molar-refractivity contribution in [1.29, 1.82) is 0 Å². The first-order valence-electron chi connectivity index (χ1n) is 5.47. The maximum Gasteiger partial charge on any atom is 0.326 e. The molecule has 0 fully saturated rings. The summed E-state index contributed by atoms with van der Waals surface area (Å²) < 4.78 is 4.38. The summed E-state index contributed by atoms with van der Waals surface area (Å²) in [4.78, 5) is 37.8. The van der Waals surface area contributed by atoms with Gasteiger partial charge >= 0.3 is 11.9 Å². The van der Waals surface area contributed by atoms with Crippen molar-refractivity contribution in [3.05, 3.63) is 29.6 Å². The molecular formula is C12H14N2O5. The second kappa shape index (κ2) is 6.48. The number of carbonyl (C=O) groups is 3. The average Bonchev–Trinajstić information content (AvgIpc) is 2.37. The van der Waals surface area contributed by atoms with Crippen molar-refractivity contribution in [1.82, 2.24) is 10.3 Å². The summed E-state index contributed by atoms with van der Waals surface area (Å²) in [6.45, 7) is 1.63. The molecule has 1 aromatic rings. The lowest BCUT2D eigenvalue weighted by Gasteiger charge is -2.13. The molecule has 0 unspecified atom stereocenters. The summed E-state index contributed by atoms with van der Waals surface area (Å²) in [7, 11) is 1.15. The van der Waals surface area contributed by atoms with Crippen molar-refractivity contribution in [3.63, 3.8) is 0 Å². The van der Waals surface area contributed by atoms with E-state index in [4.69, 9.17) is 5.11 Å². The van der Waals surface area contributed by atoms with E-state index in [-0.39, 0.29) is 5.56 Å². The number of aliphatic carboxylic acids is 1. The molecule has 19 heavy (non-hydrogen) atoms. The third-order valence-corrected chi connectivity index (χ3v) is 2.45. The van der Waals surface area contributed by atoms with Gasteiger partial charge in [0, 0.05) is 11.9 Å². The molecule has 0 aliphatic carbocycles. The van der Waals surface area contributed by atoms with E-state index >= 15 is 0 Å². The van der Waals surface area contributed by atoms with Gasteiger partial charge in [0.1, 0.15) is 6.04 Å². The number of hydrogen-bond acceptors (Lipinski definition) is 5. The van der Waals surface area contributed by atoms with Crippen LogP contribution in [0.4, 0.5) is 0 Å². The van der Waals surface area contributed by atoms with Crippen LogP contribution in [0.25, 0.3) is 0 Å². The molecule has 102 valence electrons. The molecule has 0 radical (unpaired) electrons. The van der Waals surface area contributed by atoms with E-state index in [0.717, 1.165) is 7.11 Å². The van der Waals surface area contributed by atoms with Gasteiger partial charge in [0.05, 0.1) is 19.1 Å². The summed E-state index contributed by atoms with van der Waals surface area (Å²) in [5, 5.41) is 11.2. The predicted molar refractivity (Wildman–Crippen MR) is 64.5 cm³/mol. The highest BCUT2D eigenvalue weighted by molar-refractivity contribution is 5.98. The molecule has 0 saturated carbocycles. The maximum absolute atomic E-state index is 11.9. The number of aromatic nitrogens is 1. The Balaban J connectivity index is 2.80. The van der Waals surface area contributed by atoms with Gasteiger partial charge in [-0.2, -0.15) is 0 Å². The van der Waals surface area contributed by atoms with E-state index in [9.17, 15) is 14.4 Å². The standard InChI is InChI=1S/C12H14N2O5/c1-7-8(4-3-5-13-7)11(16)14-9(12(17)18)6-10(15)19-2/h3-5,9H,6H2,1-2H3,(H,14,16)(H,17,18)/t9-/m0/s1. The molecule has 2 N–H and O–H groups in total. The van der Waals surface area contributed by atoms with Gasteiger partial charge in [-0.1, -0.05) is 0 Å². The highest BCUT2D eigenvalue weighted by Crippen LogP contribution is 2.05. The second-order valence-electron chi connectivity index (χ2n) is 3.78. The van der Waals surface area contributed by atoms with E-state index in [0.29, 0.717) is 5.69 Å². The van der Waals surface area contributed by atoms with Crippen LogP contribution in [0.5, 0.6) is 0 Å². The number of hydrogen-bond donors (Lipinski definition) is 2. The smallest absolute Gasteiger partial charge is 0.326 e. The van der Waals surface area contributed by atoms with Crippen LogP contribution in [-0.4, -0.2) is 41.1 Å². The fraction of sp³-hybridized carbons (Fsp3) is 0.333. The Morgan fingerprint density at radius 3 is 2.68 bits per heavy atom. The van der Waals surface area contributed by atoms with E-state index in [1.165, 1.54) is 12.3 Å². The van der Waals surface area contributed by atoms with Gasteiger partial charge in [-0.05, 0) is 19.1 Å². The summed E-state index contributed by atoms with van der Waals surface area (Å²) in [6, 6.07) is 1.76. The first-order valence-corrected chi connectivity index (χ1v) is 5.47. The number of aryl methyl sites for hydroxylation is 1. The van der Waals surface area contributed by atoms with Crippen LogP contribution in [0.3, 0.4) is 0 Å². The first-order chi connectivity index (χ1) is 8.95. The Hall–Kier alpha value is -2.44. The van der Waals surface area contributed by atoms with Crippen LogP contribution in [0.1, 0.15) is 22.5 Å². The predicted octanol–water partition coefficient (Wildman–Crippen LogP) is 0.136. The van der Waals surface area contributed by atoms with Crippen molar-refractivity contribution >= 4 is 17.8 Å². The second-order valence-corrected chi connectivity index (χ2v) is 3.78. The minimum atomic E-state index is -1.33. The Bertz CT molecular complexity index is 501. The van der Waals surface area contributed by atoms with Crippen molar-refractivity contribution in [3.8, 4) is 0 Å². The fourth-order valence-electron chi connectivity index (χ4n) is 1.41. The van der Waals surface area contributed by atoms with Crippen molar-refractivity contribution in [2.45, 2.75) is 19.4 Å². The van der Waals surface area contributed by atoms with Gasteiger partial charge in [0.25, 0.3) is 5.91 Å². The van der Waals surface area contributed by atoms with Gasteiger partial charge in [0.15, 0.2) is 0 Å². The third kappa shape index (κ3) is 4.06. The minimum absolute atomic E-state index is 0.263. The van der Waals surface area contributed by atoms with Crippen LogP contribution < -0.4 is 5.32 Å². The van der Waals surface area contributed by atoms with E-state index in [1.807, 2.05) is 0 Å². The topological polar surface area (TPSA) is 106 Å². The third-order valence-electron chi connectivity index (χ3n) is 2.45.